The van der Waals surface area contributed by atoms with Gasteiger partial charge in [0, 0.05) is 17.1 Å². The SMILES string of the molecule is CCC1(C(=O)O)CCCN1Cc1c(F)cccc1Cl. The molecule has 0 bridgehead atoms. The highest BCUT2D eigenvalue weighted by atomic mass is 35.5. The van der Waals surface area contributed by atoms with Crippen molar-refractivity contribution < 1.29 is 14.3 Å². The zero-order valence-electron chi connectivity index (χ0n) is 10.8. The molecule has 1 heterocycles. The van der Waals surface area contributed by atoms with Crippen LogP contribution in [0.2, 0.25) is 5.02 Å². The van der Waals surface area contributed by atoms with Gasteiger partial charge in [-0.05, 0) is 37.9 Å². The first-order chi connectivity index (χ1) is 9.01. The Morgan fingerprint density at radius 1 is 1.58 bits per heavy atom. The van der Waals surface area contributed by atoms with Crippen LogP contribution in [0, 0.1) is 5.82 Å². The second-order valence-electron chi connectivity index (χ2n) is 4.92. The van der Waals surface area contributed by atoms with E-state index in [1.807, 2.05) is 11.8 Å². The summed E-state index contributed by atoms with van der Waals surface area (Å²) in [5, 5.41) is 9.83. The van der Waals surface area contributed by atoms with Crippen molar-refractivity contribution in [3.8, 4) is 0 Å². The fourth-order valence-electron chi connectivity index (χ4n) is 2.83. The first-order valence-electron chi connectivity index (χ1n) is 6.42. The lowest BCUT2D eigenvalue weighted by Gasteiger charge is -2.34. The fourth-order valence-corrected chi connectivity index (χ4v) is 3.06. The summed E-state index contributed by atoms with van der Waals surface area (Å²) in [5.74, 6) is -1.21. The van der Waals surface area contributed by atoms with Crippen LogP contribution in [0.15, 0.2) is 18.2 Å². The van der Waals surface area contributed by atoms with Crippen molar-refractivity contribution >= 4 is 17.6 Å². The van der Waals surface area contributed by atoms with Gasteiger partial charge in [-0.15, -0.1) is 0 Å². The van der Waals surface area contributed by atoms with Gasteiger partial charge in [0.2, 0.25) is 0 Å². The summed E-state index contributed by atoms with van der Waals surface area (Å²) in [7, 11) is 0. The molecular formula is C14H17ClFNO2. The normalized spacial score (nSPS) is 23.7. The minimum absolute atomic E-state index is 0.242. The minimum atomic E-state index is -0.883. The molecule has 1 saturated heterocycles. The van der Waals surface area contributed by atoms with E-state index in [4.69, 9.17) is 11.6 Å². The van der Waals surface area contributed by atoms with Crippen LogP contribution in [0.5, 0.6) is 0 Å². The van der Waals surface area contributed by atoms with Gasteiger partial charge in [0.1, 0.15) is 11.4 Å². The maximum atomic E-state index is 13.8. The summed E-state index contributed by atoms with van der Waals surface area (Å²) in [6, 6.07) is 4.53. The molecule has 0 aliphatic carbocycles. The molecule has 1 fully saturated rings. The Morgan fingerprint density at radius 2 is 2.32 bits per heavy atom. The standard InChI is InChI=1S/C14H17ClFNO2/c1-2-14(13(18)19)7-4-8-17(14)9-10-11(15)5-3-6-12(10)16/h3,5-6H,2,4,7-9H2,1H3,(H,18,19). The van der Waals surface area contributed by atoms with Crippen LogP contribution in [0.25, 0.3) is 0 Å². The van der Waals surface area contributed by atoms with E-state index in [9.17, 15) is 14.3 Å². The Balaban J connectivity index is 2.30. The van der Waals surface area contributed by atoms with Crippen LogP contribution in [0.1, 0.15) is 31.7 Å². The van der Waals surface area contributed by atoms with E-state index >= 15 is 0 Å². The first kappa shape index (κ1) is 14.3. The number of rotatable bonds is 4. The largest absolute Gasteiger partial charge is 0.480 e. The van der Waals surface area contributed by atoms with Crippen LogP contribution in [-0.2, 0) is 11.3 Å². The summed E-state index contributed by atoms with van der Waals surface area (Å²) in [6.45, 7) is 2.76. The molecule has 1 N–H and O–H groups in total. The molecule has 104 valence electrons. The molecule has 3 nitrogen and oxygen atoms in total. The maximum Gasteiger partial charge on any atom is 0.324 e. The van der Waals surface area contributed by atoms with Gasteiger partial charge < -0.3 is 5.11 Å². The molecule has 0 aromatic heterocycles. The summed E-state index contributed by atoms with van der Waals surface area (Å²) >= 11 is 6.01. The molecule has 1 aromatic carbocycles. The van der Waals surface area contributed by atoms with Gasteiger partial charge in [-0.3, -0.25) is 9.69 Å². The molecule has 0 amide bonds. The molecule has 0 saturated carbocycles. The number of aliphatic carboxylic acids is 1. The molecule has 1 aliphatic rings. The number of halogens is 2. The van der Waals surface area contributed by atoms with Gasteiger partial charge in [-0.2, -0.15) is 0 Å². The van der Waals surface area contributed by atoms with E-state index in [-0.39, 0.29) is 12.4 Å². The molecule has 1 aromatic rings. The first-order valence-corrected chi connectivity index (χ1v) is 6.80. The Labute approximate surface area is 117 Å². The maximum absolute atomic E-state index is 13.8. The molecule has 0 radical (unpaired) electrons. The van der Waals surface area contributed by atoms with Gasteiger partial charge in [-0.25, -0.2) is 4.39 Å². The van der Waals surface area contributed by atoms with E-state index < -0.39 is 11.5 Å². The van der Waals surface area contributed by atoms with Gasteiger partial charge in [0.25, 0.3) is 0 Å². The molecular weight excluding hydrogens is 269 g/mol. The third kappa shape index (κ3) is 2.47. The highest BCUT2D eigenvalue weighted by Gasteiger charge is 2.46. The number of carboxylic acids is 1. The van der Waals surface area contributed by atoms with Crippen molar-refractivity contribution in [3.05, 3.63) is 34.6 Å². The van der Waals surface area contributed by atoms with Crippen molar-refractivity contribution in [1.82, 2.24) is 4.90 Å². The number of hydrogen-bond donors (Lipinski definition) is 1. The van der Waals surface area contributed by atoms with Crippen LogP contribution >= 0.6 is 11.6 Å². The van der Waals surface area contributed by atoms with Crippen LogP contribution in [-0.4, -0.2) is 28.1 Å². The number of hydrogen-bond acceptors (Lipinski definition) is 2. The number of likely N-dealkylation sites (tertiary alicyclic amines) is 1. The van der Waals surface area contributed by atoms with E-state index in [2.05, 4.69) is 0 Å². The molecule has 1 atom stereocenters. The Hall–Kier alpha value is -1.13. The van der Waals surface area contributed by atoms with Crippen LogP contribution < -0.4 is 0 Å². The highest BCUT2D eigenvalue weighted by Crippen LogP contribution is 2.35. The third-order valence-corrected chi connectivity index (χ3v) is 4.37. The van der Waals surface area contributed by atoms with E-state index in [0.29, 0.717) is 30.0 Å². The average Bonchev–Trinajstić information content (AvgIpc) is 2.78. The quantitative estimate of drug-likeness (QED) is 0.923. The zero-order chi connectivity index (χ0) is 14.0. The molecule has 1 aliphatic heterocycles. The monoisotopic (exact) mass is 285 g/mol. The van der Waals surface area contributed by atoms with Crippen molar-refractivity contribution in [2.75, 3.05) is 6.54 Å². The summed E-state index contributed by atoms with van der Waals surface area (Å²) in [5.41, 5.74) is -0.504. The van der Waals surface area contributed by atoms with Crippen molar-refractivity contribution in [3.63, 3.8) is 0 Å². The predicted octanol–water partition coefficient (Wildman–Crippen LogP) is 3.31. The fraction of sp³-hybridized carbons (Fsp3) is 0.500. The van der Waals surface area contributed by atoms with Gasteiger partial charge in [-0.1, -0.05) is 24.6 Å². The second-order valence-corrected chi connectivity index (χ2v) is 5.32. The number of carbonyl (C=O) groups is 1. The Bertz CT molecular complexity index is 474. The van der Waals surface area contributed by atoms with Gasteiger partial charge >= 0.3 is 5.97 Å². The average molecular weight is 286 g/mol. The van der Waals surface area contributed by atoms with E-state index in [1.54, 1.807) is 12.1 Å². The lowest BCUT2D eigenvalue weighted by molar-refractivity contribution is -0.150. The predicted molar refractivity (Wildman–Crippen MR) is 71.7 cm³/mol. The topological polar surface area (TPSA) is 40.5 Å². The lowest BCUT2D eigenvalue weighted by Crippen LogP contribution is -2.49. The minimum Gasteiger partial charge on any atom is -0.480 e. The summed E-state index contributed by atoms with van der Waals surface area (Å²) < 4.78 is 13.8. The lowest BCUT2D eigenvalue weighted by atomic mass is 9.92. The van der Waals surface area contributed by atoms with Gasteiger partial charge in [0.05, 0.1) is 0 Å². The molecule has 19 heavy (non-hydrogen) atoms. The molecule has 2 rings (SSSR count). The number of benzene rings is 1. The molecule has 1 unspecified atom stereocenters. The smallest absolute Gasteiger partial charge is 0.324 e. The highest BCUT2D eigenvalue weighted by molar-refractivity contribution is 6.31. The Morgan fingerprint density at radius 3 is 2.89 bits per heavy atom. The summed E-state index contributed by atoms with van der Waals surface area (Å²) in [4.78, 5) is 13.4. The van der Waals surface area contributed by atoms with Crippen molar-refractivity contribution in [1.29, 1.82) is 0 Å². The number of nitrogens with zero attached hydrogens (tertiary/aromatic N) is 1. The van der Waals surface area contributed by atoms with Crippen molar-refractivity contribution in [2.24, 2.45) is 0 Å². The Kier molecular flexibility index (Phi) is 4.11. The van der Waals surface area contributed by atoms with E-state index in [0.717, 1.165) is 6.42 Å². The molecule has 0 spiro atoms. The van der Waals surface area contributed by atoms with E-state index in [1.165, 1.54) is 6.07 Å². The van der Waals surface area contributed by atoms with Crippen LogP contribution in [0.4, 0.5) is 4.39 Å². The zero-order valence-corrected chi connectivity index (χ0v) is 11.6. The van der Waals surface area contributed by atoms with Crippen molar-refractivity contribution in [2.45, 2.75) is 38.3 Å². The summed E-state index contributed by atoms with van der Waals surface area (Å²) in [6.07, 6.45) is 1.92. The number of carboxylic acid groups (broad SMARTS) is 1. The third-order valence-electron chi connectivity index (χ3n) is 4.02. The second kappa shape index (κ2) is 5.47. The van der Waals surface area contributed by atoms with Gasteiger partial charge in [0.15, 0.2) is 0 Å². The molecule has 5 heteroatoms. The van der Waals surface area contributed by atoms with Crippen LogP contribution in [0.3, 0.4) is 0 Å².